The van der Waals surface area contributed by atoms with Crippen LogP contribution in [0.3, 0.4) is 0 Å². The molecular formula is C32H36FN5O3S. The topological polar surface area (TPSA) is 96.3 Å². The maximum Gasteiger partial charge on any atom is 0.268 e. The van der Waals surface area contributed by atoms with Crippen LogP contribution in [0.4, 0.5) is 16.0 Å². The molecule has 1 unspecified atom stereocenters. The number of amides is 3. The van der Waals surface area contributed by atoms with Gasteiger partial charge in [0.2, 0.25) is 17.8 Å². The van der Waals surface area contributed by atoms with E-state index in [2.05, 4.69) is 38.0 Å². The van der Waals surface area contributed by atoms with Gasteiger partial charge in [-0.25, -0.2) is 9.37 Å². The summed E-state index contributed by atoms with van der Waals surface area (Å²) in [5, 5.41) is 5.64. The number of aromatic nitrogens is 2. The lowest BCUT2D eigenvalue weighted by Gasteiger charge is -2.37. The number of hydrogen-bond donors (Lipinski definition) is 2. The molecule has 2 aromatic carbocycles. The van der Waals surface area contributed by atoms with Crippen LogP contribution >= 0.6 is 11.3 Å². The van der Waals surface area contributed by atoms with Crippen LogP contribution in [0.5, 0.6) is 0 Å². The van der Waals surface area contributed by atoms with Gasteiger partial charge in [0.05, 0.1) is 21.6 Å². The zero-order chi connectivity index (χ0) is 30.8. The molecule has 0 aliphatic heterocycles. The van der Waals surface area contributed by atoms with Gasteiger partial charge in [-0.05, 0) is 73.4 Å². The number of thiophene rings is 1. The number of halogens is 1. The number of benzene rings is 2. The number of nitrogens with zero attached hydrogens (tertiary/aromatic N) is 3. The Hall–Kier alpha value is -4.31. The fourth-order valence-corrected chi connectivity index (χ4v) is 5.35. The third-order valence-electron chi connectivity index (χ3n) is 7.22. The first-order valence-corrected chi connectivity index (χ1v) is 14.5. The van der Waals surface area contributed by atoms with Crippen LogP contribution in [0.25, 0.3) is 16.7 Å². The molecule has 3 amide bonds. The van der Waals surface area contributed by atoms with Gasteiger partial charge in [0.15, 0.2) is 0 Å². The third kappa shape index (κ3) is 6.76. The molecule has 0 saturated carbocycles. The molecule has 0 spiro atoms. The highest BCUT2D eigenvalue weighted by molar-refractivity contribution is 7.14. The van der Waals surface area contributed by atoms with Crippen molar-refractivity contribution >= 4 is 51.7 Å². The lowest BCUT2D eigenvalue weighted by atomic mass is 9.86. The Balaban J connectivity index is 1.78. The van der Waals surface area contributed by atoms with E-state index in [-0.39, 0.29) is 29.2 Å². The summed E-state index contributed by atoms with van der Waals surface area (Å²) in [6, 6.07) is 16.1. The van der Waals surface area contributed by atoms with Gasteiger partial charge in [-0.15, -0.1) is 11.3 Å². The van der Waals surface area contributed by atoms with Crippen LogP contribution < -0.4 is 10.6 Å². The van der Waals surface area contributed by atoms with Crippen molar-refractivity contribution in [1.82, 2.24) is 14.5 Å². The second-order valence-corrected chi connectivity index (χ2v) is 12.4. The number of nitrogens with one attached hydrogen (secondary N) is 2. The highest BCUT2D eigenvalue weighted by Gasteiger charge is 2.28. The standard InChI is InChI=1S/C32H36FN5O3S/c1-8-29(40)34-23-10-9-11-24(17-23)38-26-13-12-22(18-37(21(4)39)20(3)32(5,6)7)16-25(26)35-31(38)36-30(41)28-15-14-27(42-28)19(2)33/h8-17,19-20H,1,18H2,2-7H3,(H,34,40)(H,35,36,41)/t19?,20-/m0/s1. The van der Waals surface area contributed by atoms with Crippen molar-refractivity contribution < 1.29 is 18.8 Å². The monoisotopic (exact) mass is 589 g/mol. The minimum absolute atomic E-state index is 0.00524. The molecule has 0 radical (unpaired) electrons. The van der Waals surface area contributed by atoms with Crippen LogP contribution in [-0.2, 0) is 16.1 Å². The Morgan fingerprint density at radius 3 is 2.45 bits per heavy atom. The quantitative estimate of drug-likeness (QED) is 0.201. The maximum atomic E-state index is 13.8. The molecule has 2 atom stereocenters. The second kappa shape index (κ2) is 12.3. The summed E-state index contributed by atoms with van der Waals surface area (Å²) in [6.07, 6.45) is 0.00820. The number of hydrogen-bond acceptors (Lipinski definition) is 5. The van der Waals surface area contributed by atoms with Crippen molar-refractivity contribution in [3.05, 3.63) is 82.6 Å². The summed E-state index contributed by atoms with van der Waals surface area (Å²) in [7, 11) is 0. The zero-order valence-corrected chi connectivity index (χ0v) is 25.5. The Kier molecular flexibility index (Phi) is 8.96. The summed E-state index contributed by atoms with van der Waals surface area (Å²) in [4.78, 5) is 45.2. The molecule has 220 valence electrons. The van der Waals surface area contributed by atoms with Crippen molar-refractivity contribution in [2.75, 3.05) is 10.6 Å². The Morgan fingerprint density at radius 1 is 1.10 bits per heavy atom. The van der Waals surface area contributed by atoms with Gasteiger partial charge >= 0.3 is 0 Å². The molecule has 8 nitrogen and oxygen atoms in total. The molecule has 0 aliphatic rings. The molecule has 2 N–H and O–H groups in total. The summed E-state index contributed by atoms with van der Waals surface area (Å²) in [6.45, 7) is 15.2. The van der Waals surface area contributed by atoms with Gasteiger partial charge < -0.3 is 10.2 Å². The second-order valence-electron chi connectivity index (χ2n) is 11.3. The van der Waals surface area contributed by atoms with Crippen molar-refractivity contribution in [2.45, 2.75) is 60.3 Å². The average Bonchev–Trinajstić information content (AvgIpc) is 3.56. The largest absolute Gasteiger partial charge is 0.335 e. The number of fused-ring (bicyclic) bond motifs is 1. The average molecular weight is 590 g/mol. The molecule has 0 aliphatic carbocycles. The number of rotatable bonds is 9. The highest BCUT2D eigenvalue weighted by atomic mass is 32.1. The summed E-state index contributed by atoms with van der Waals surface area (Å²) < 4.78 is 15.6. The maximum absolute atomic E-state index is 13.8. The molecular weight excluding hydrogens is 553 g/mol. The lowest BCUT2D eigenvalue weighted by Crippen LogP contribution is -2.44. The molecule has 42 heavy (non-hydrogen) atoms. The van der Waals surface area contributed by atoms with Crippen LogP contribution in [0.2, 0.25) is 0 Å². The molecule has 10 heteroatoms. The first-order valence-electron chi connectivity index (χ1n) is 13.7. The van der Waals surface area contributed by atoms with E-state index in [1.54, 1.807) is 41.8 Å². The molecule has 0 fully saturated rings. The third-order valence-corrected chi connectivity index (χ3v) is 8.46. The SMILES string of the molecule is C=CC(=O)Nc1cccc(-n2c(NC(=O)c3ccc(C(C)F)s3)nc3cc(CN(C(C)=O)[C@@H](C)C(C)(C)C)ccc32)c1. The number of carbonyl (C=O) groups is 3. The number of imidazole rings is 1. The normalized spacial score (nSPS) is 12.9. The fraction of sp³-hybridized carbons (Fsp3) is 0.312. The van der Waals surface area contributed by atoms with Gasteiger partial charge in [0.25, 0.3) is 5.91 Å². The number of alkyl halides is 1. The van der Waals surface area contributed by atoms with E-state index in [1.807, 2.05) is 36.1 Å². The first-order chi connectivity index (χ1) is 19.8. The Bertz CT molecular complexity index is 1650. The zero-order valence-electron chi connectivity index (χ0n) is 24.7. The van der Waals surface area contributed by atoms with Crippen molar-refractivity contribution in [2.24, 2.45) is 5.41 Å². The van der Waals surface area contributed by atoms with Crippen LogP contribution in [0, 0.1) is 5.41 Å². The molecule has 4 rings (SSSR count). The summed E-state index contributed by atoms with van der Waals surface area (Å²) >= 11 is 1.09. The minimum Gasteiger partial charge on any atom is -0.335 e. The Labute approximate surface area is 249 Å². The van der Waals surface area contributed by atoms with Crippen LogP contribution in [-0.4, -0.2) is 38.2 Å². The molecule has 0 saturated heterocycles. The number of carbonyl (C=O) groups excluding carboxylic acids is 3. The summed E-state index contributed by atoms with van der Waals surface area (Å²) in [5.74, 6) is -0.529. The van der Waals surface area contributed by atoms with Gasteiger partial charge in [-0.1, -0.05) is 39.5 Å². The van der Waals surface area contributed by atoms with Gasteiger partial charge in [0, 0.05) is 30.1 Å². The van der Waals surface area contributed by atoms with Gasteiger partial charge in [0.1, 0.15) is 6.17 Å². The van der Waals surface area contributed by atoms with Gasteiger partial charge in [-0.2, -0.15) is 0 Å². The number of anilines is 2. The molecule has 4 aromatic rings. The van der Waals surface area contributed by atoms with E-state index >= 15 is 0 Å². The Morgan fingerprint density at radius 2 is 1.83 bits per heavy atom. The predicted octanol–water partition coefficient (Wildman–Crippen LogP) is 7.28. The first kappa shape index (κ1) is 30.6. The van der Waals surface area contributed by atoms with E-state index in [9.17, 15) is 18.8 Å². The smallest absolute Gasteiger partial charge is 0.268 e. The highest BCUT2D eigenvalue weighted by Crippen LogP contribution is 2.31. The van der Waals surface area contributed by atoms with Crippen LogP contribution in [0.15, 0.2) is 67.3 Å². The van der Waals surface area contributed by atoms with E-state index in [0.29, 0.717) is 38.7 Å². The predicted molar refractivity (Wildman–Crippen MR) is 167 cm³/mol. The molecule has 0 bridgehead atoms. The summed E-state index contributed by atoms with van der Waals surface area (Å²) in [5.41, 5.74) is 3.30. The minimum atomic E-state index is -1.18. The van der Waals surface area contributed by atoms with Crippen LogP contribution in [0.1, 0.15) is 67.8 Å². The van der Waals surface area contributed by atoms with E-state index < -0.39 is 12.1 Å². The van der Waals surface area contributed by atoms with E-state index in [0.717, 1.165) is 16.9 Å². The van der Waals surface area contributed by atoms with Crippen molar-refractivity contribution in [3.63, 3.8) is 0 Å². The van der Waals surface area contributed by atoms with E-state index in [1.165, 1.54) is 13.0 Å². The van der Waals surface area contributed by atoms with Crippen molar-refractivity contribution in [1.29, 1.82) is 0 Å². The van der Waals surface area contributed by atoms with Crippen molar-refractivity contribution in [3.8, 4) is 5.69 Å². The van der Waals surface area contributed by atoms with E-state index in [4.69, 9.17) is 4.98 Å². The molecule has 2 heterocycles. The fourth-order valence-electron chi connectivity index (χ4n) is 4.52. The lowest BCUT2D eigenvalue weighted by molar-refractivity contribution is -0.133. The van der Waals surface area contributed by atoms with Gasteiger partial charge in [-0.3, -0.25) is 24.3 Å². The molecule has 2 aromatic heterocycles.